The lowest BCUT2D eigenvalue weighted by Gasteiger charge is -2.33. The van der Waals surface area contributed by atoms with Gasteiger partial charge in [0.2, 0.25) is 0 Å². The second-order valence-electron chi connectivity index (χ2n) is 8.38. The highest BCUT2D eigenvalue weighted by Crippen LogP contribution is 2.23. The molecule has 0 atom stereocenters. The number of nitrogens with zero attached hydrogens (tertiary/aromatic N) is 1. The fourth-order valence-corrected chi connectivity index (χ4v) is 5.61. The summed E-state index contributed by atoms with van der Waals surface area (Å²) in [5.74, 6) is -0.0641. The summed E-state index contributed by atoms with van der Waals surface area (Å²) in [5, 5.41) is 0. The minimum atomic E-state index is -3.33. The summed E-state index contributed by atoms with van der Waals surface area (Å²) in [4.78, 5) is 13.9. The number of hydrogen-bond acceptors (Lipinski definition) is 6. The maximum absolute atomic E-state index is 12.5. The van der Waals surface area contributed by atoms with E-state index in [2.05, 4.69) is 0 Å². The Morgan fingerprint density at radius 1 is 1.07 bits per heavy atom. The number of ether oxygens (including phenoxy) is 1. The van der Waals surface area contributed by atoms with Gasteiger partial charge < -0.3 is 9.64 Å². The van der Waals surface area contributed by atoms with Gasteiger partial charge in [-0.05, 0) is 57.2 Å². The monoisotopic (exact) mass is 431 g/mol. The summed E-state index contributed by atoms with van der Waals surface area (Å²) < 4.78 is 53.4. The van der Waals surface area contributed by atoms with Gasteiger partial charge >= 0.3 is 6.09 Å². The molecule has 0 unspecified atom stereocenters. The van der Waals surface area contributed by atoms with E-state index in [-0.39, 0.29) is 28.4 Å². The van der Waals surface area contributed by atoms with Crippen LogP contribution in [0.25, 0.3) is 0 Å². The molecule has 158 valence electrons. The molecule has 1 amide bonds. The third-order valence-electron chi connectivity index (χ3n) is 4.49. The molecule has 0 radical (unpaired) electrons. The second-order valence-corrected chi connectivity index (χ2v) is 12.5. The Morgan fingerprint density at radius 2 is 1.61 bits per heavy atom. The van der Waals surface area contributed by atoms with E-state index in [9.17, 15) is 21.6 Å². The van der Waals surface area contributed by atoms with Gasteiger partial charge in [0.25, 0.3) is 0 Å². The summed E-state index contributed by atoms with van der Waals surface area (Å²) in [7, 11) is -6.63. The van der Waals surface area contributed by atoms with Crippen molar-refractivity contribution in [3.8, 4) is 0 Å². The molecule has 28 heavy (non-hydrogen) atoms. The molecule has 0 aliphatic carbocycles. The van der Waals surface area contributed by atoms with Crippen molar-refractivity contribution in [2.24, 2.45) is 5.92 Å². The van der Waals surface area contributed by atoms with Crippen LogP contribution in [0, 0.1) is 5.92 Å². The molecule has 0 N–H and O–H groups in total. The van der Waals surface area contributed by atoms with Crippen molar-refractivity contribution < 1.29 is 26.4 Å². The first-order valence-corrected chi connectivity index (χ1v) is 12.9. The average molecular weight is 432 g/mol. The summed E-state index contributed by atoms with van der Waals surface area (Å²) in [6, 6.07) is 5.94. The lowest BCUT2D eigenvalue weighted by atomic mass is 9.99. The third kappa shape index (κ3) is 7.09. The molecule has 0 spiro atoms. The quantitative estimate of drug-likeness (QED) is 0.711. The Morgan fingerprint density at radius 3 is 2.07 bits per heavy atom. The van der Waals surface area contributed by atoms with Gasteiger partial charge in [-0.3, -0.25) is 0 Å². The van der Waals surface area contributed by atoms with E-state index in [1.54, 1.807) is 17.0 Å². The van der Waals surface area contributed by atoms with Crippen LogP contribution in [-0.4, -0.2) is 58.5 Å². The highest BCUT2D eigenvalue weighted by Gasteiger charge is 2.29. The Hall–Kier alpha value is -1.61. The summed E-state index contributed by atoms with van der Waals surface area (Å²) in [6.07, 6.45) is 1.99. The maximum Gasteiger partial charge on any atom is 0.410 e. The van der Waals surface area contributed by atoms with Crippen LogP contribution in [-0.2, 0) is 30.2 Å². The van der Waals surface area contributed by atoms with Crippen LogP contribution in [0.4, 0.5) is 4.79 Å². The SMILES string of the molecule is CC(C)(C)OC(=O)N1CCC(CS(=O)(=O)Cc2ccc(S(C)(=O)=O)cc2)CC1. The normalized spacial score (nSPS) is 16.8. The zero-order valence-electron chi connectivity index (χ0n) is 16.8. The van der Waals surface area contributed by atoms with Crippen LogP contribution in [0.1, 0.15) is 39.2 Å². The van der Waals surface area contributed by atoms with E-state index < -0.39 is 25.3 Å². The van der Waals surface area contributed by atoms with Crippen molar-refractivity contribution in [3.05, 3.63) is 29.8 Å². The fourth-order valence-electron chi connectivity index (χ4n) is 3.11. The first-order valence-electron chi connectivity index (χ1n) is 9.22. The van der Waals surface area contributed by atoms with E-state index in [0.29, 0.717) is 31.5 Å². The Balaban J connectivity index is 1.89. The summed E-state index contributed by atoms with van der Waals surface area (Å²) in [6.45, 7) is 6.41. The van der Waals surface area contributed by atoms with Crippen molar-refractivity contribution in [2.45, 2.75) is 49.9 Å². The molecule has 9 heteroatoms. The molecule has 1 aliphatic rings. The van der Waals surface area contributed by atoms with Crippen molar-refractivity contribution in [1.82, 2.24) is 4.90 Å². The first-order chi connectivity index (χ1) is 12.8. The van der Waals surface area contributed by atoms with Gasteiger partial charge in [0.1, 0.15) is 5.60 Å². The topological polar surface area (TPSA) is 97.8 Å². The van der Waals surface area contributed by atoms with E-state index in [1.165, 1.54) is 12.1 Å². The number of sulfone groups is 2. The zero-order valence-corrected chi connectivity index (χ0v) is 18.5. The number of carbonyl (C=O) groups excluding carboxylic acids is 1. The Labute approximate surface area is 167 Å². The van der Waals surface area contributed by atoms with Crippen molar-refractivity contribution in [3.63, 3.8) is 0 Å². The molecule has 1 aromatic rings. The van der Waals surface area contributed by atoms with Crippen molar-refractivity contribution >= 4 is 25.8 Å². The molecule has 1 heterocycles. The number of rotatable bonds is 5. The van der Waals surface area contributed by atoms with E-state index in [4.69, 9.17) is 4.74 Å². The lowest BCUT2D eigenvalue weighted by molar-refractivity contribution is 0.0191. The number of amides is 1. The number of carbonyl (C=O) groups is 1. The van der Waals surface area contributed by atoms with Gasteiger partial charge in [-0.2, -0.15) is 0 Å². The predicted octanol–water partition coefficient (Wildman–Crippen LogP) is 2.65. The van der Waals surface area contributed by atoms with Crippen molar-refractivity contribution in [1.29, 1.82) is 0 Å². The Kier molecular flexibility index (Phi) is 6.81. The number of hydrogen-bond donors (Lipinski definition) is 0. The molecule has 0 bridgehead atoms. The predicted molar refractivity (Wildman–Crippen MR) is 108 cm³/mol. The highest BCUT2D eigenvalue weighted by molar-refractivity contribution is 7.91. The van der Waals surface area contributed by atoms with Crippen LogP contribution in [0.3, 0.4) is 0 Å². The average Bonchev–Trinajstić information content (AvgIpc) is 2.52. The fraction of sp³-hybridized carbons (Fsp3) is 0.632. The Bertz CT molecular complexity index is 891. The molecular weight excluding hydrogens is 402 g/mol. The molecule has 0 aromatic heterocycles. The maximum atomic E-state index is 12.5. The van der Waals surface area contributed by atoms with Gasteiger partial charge in [-0.25, -0.2) is 21.6 Å². The second kappa shape index (κ2) is 8.41. The van der Waals surface area contributed by atoms with Crippen LogP contribution < -0.4 is 0 Å². The van der Waals surface area contributed by atoms with Crippen molar-refractivity contribution in [2.75, 3.05) is 25.1 Å². The standard InChI is InChI=1S/C19H29NO6S2/c1-19(2,3)26-18(21)20-11-9-16(10-12-20)14-28(24,25)13-15-5-7-17(8-6-15)27(4,22)23/h5-8,16H,9-14H2,1-4H3. The van der Waals surface area contributed by atoms with Gasteiger partial charge in [0, 0.05) is 19.3 Å². The molecule has 0 saturated carbocycles. The van der Waals surface area contributed by atoms with Crippen LogP contribution >= 0.6 is 0 Å². The van der Waals surface area contributed by atoms with Crippen LogP contribution in [0.2, 0.25) is 0 Å². The van der Waals surface area contributed by atoms with Crippen LogP contribution in [0.5, 0.6) is 0 Å². The molecule has 1 aromatic carbocycles. The van der Waals surface area contributed by atoms with E-state index >= 15 is 0 Å². The number of piperidine rings is 1. The smallest absolute Gasteiger partial charge is 0.410 e. The third-order valence-corrected chi connectivity index (χ3v) is 7.37. The molecule has 1 fully saturated rings. The number of benzene rings is 1. The molecular formula is C19H29NO6S2. The van der Waals surface area contributed by atoms with Crippen LogP contribution in [0.15, 0.2) is 29.2 Å². The molecule has 1 saturated heterocycles. The minimum Gasteiger partial charge on any atom is -0.444 e. The summed E-state index contributed by atoms with van der Waals surface area (Å²) >= 11 is 0. The molecule has 1 aliphatic heterocycles. The minimum absolute atomic E-state index is 0.000945. The van der Waals surface area contributed by atoms with Gasteiger partial charge in [-0.1, -0.05) is 12.1 Å². The largest absolute Gasteiger partial charge is 0.444 e. The summed E-state index contributed by atoms with van der Waals surface area (Å²) in [5.41, 5.74) is 0.0165. The zero-order chi connectivity index (χ0) is 21.2. The molecule has 7 nitrogen and oxygen atoms in total. The number of likely N-dealkylation sites (tertiary alicyclic amines) is 1. The van der Waals surface area contributed by atoms with Gasteiger partial charge in [0.15, 0.2) is 19.7 Å². The van der Waals surface area contributed by atoms with Gasteiger partial charge in [-0.15, -0.1) is 0 Å². The van der Waals surface area contributed by atoms with E-state index in [0.717, 1.165) is 6.26 Å². The first kappa shape index (κ1) is 22.7. The highest BCUT2D eigenvalue weighted by atomic mass is 32.2. The lowest BCUT2D eigenvalue weighted by Crippen LogP contribution is -2.42. The van der Waals surface area contributed by atoms with E-state index in [1.807, 2.05) is 20.8 Å². The van der Waals surface area contributed by atoms with Gasteiger partial charge in [0.05, 0.1) is 16.4 Å². The molecule has 2 rings (SSSR count).